The molecule has 2 rings (SSSR count). The lowest BCUT2D eigenvalue weighted by Crippen LogP contribution is -1.91. The molecule has 0 saturated heterocycles. The minimum atomic E-state index is 0.521. The molecule has 0 radical (unpaired) electrons. The molecule has 0 N–H and O–H groups in total. The molecule has 0 heterocycles. The highest BCUT2D eigenvalue weighted by atomic mass is 16.5. The maximum Gasteiger partial charge on any atom is 0.198 e. The van der Waals surface area contributed by atoms with Gasteiger partial charge in [-0.2, -0.15) is 0 Å². The molecule has 0 spiro atoms. The van der Waals surface area contributed by atoms with Crippen LogP contribution < -0.4 is 14.2 Å². The minimum Gasteiger partial charge on any atom is -0.498 e. The molecule has 4 heteroatoms. The summed E-state index contributed by atoms with van der Waals surface area (Å²) in [6, 6.07) is 10.9. The Morgan fingerprint density at radius 3 is 1.95 bits per heavy atom. The number of ether oxygens (including phenoxy) is 3. The Morgan fingerprint density at radius 1 is 0.800 bits per heavy atom. The van der Waals surface area contributed by atoms with Crippen LogP contribution in [0.4, 0.5) is 5.69 Å². The fourth-order valence-corrected chi connectivity index (χ4v) is 1.98. The third-order valence-electron chi connectivity index (χ3n) is 3.02. The SMILES string of the molecule is [C-]#[N+]c1cc(OC)ccc1-c1ccc(OC)cc1OC. The molecular formula is C16H15NO3. The van der Waals surface area contributed by atoms with Crippen molar-refractivity contribution < 1.29 is 14.2 Å². The van der Waals surface area contributed by atoms with E-state index in [4.69, 9.17) is 20.8 Å². The Hall–Kier alpha value is -2.67. The number of methoxy groups -OCH3 is 3. The fraction of sp³-hybridized carbons (Fsp3) is 0.188. The van der Waals surface area contributed by atoms with Crippen molar-refractivity contribution in [3.63, 3.8) is 0 Å². The molecule has 102 valence electrons. The zero-order valence-corrected chi connectivity index (χ0v) is 11.6. The zero-order chi connectivity index (χ0) is 14.5. The highest BCUT2D eigenvalue weighted by molar-refractivity contribution is 5.83. The molecule has 0 amide bonds. The molecule has 0 aliphatic carbocycles. The van der Waals surface area contributed by atoms with Gasteiger partial charge in [-0.25, -0.2) is 4.85 Å². The van der Waals surface area contributed by atoms with E-state index < -0.39 is 0 Å². The molecule has 0 aromatic heterocycles. The second kappa shape index (κ2) is 5.98. The van der Waals surface area contributed by atoms with Gasteiger partial charge in [-0.1, -0.05) is 6.07 Å². The summed E-state index contributed by atoms with van der Waals surface area (Å²) >= 11 is 0. The molecule has 0 unspecified atom stereocenters. The predicted octanol–water partition coefficient (Wildman–Crippen LogP) is 3.93. The summed E-state index contributed by atoms with van der Waals surface area (Å²) in [4.78, 5) is 3.56. The second-order valence-electron chi connectivity index (χ2n) is 4.06. The van der Waals surface area contributed by atoms with Crippen LogP contribution in [0, 0.1) is 6.57 Å². The Balaban J connectivity index is 2.59. The average Bonchev–Trinajstić information content (AvgIpc) is 2.53. The fourth-order valence-electron chi connectivity index (χ4n) is 1.98. The average molecular weight is 269 g/mol. The molecular weight excluding hydrogens is 254 g/mol. The highest BCUT2D eigenvalue weighted by Crippen LogP contribution is 2.40. The first kappa shape index (κ1) is 13.8. The molecule has 4 nitrogen and oxygen atoms in total. The lowest BCUT2D eigenvalue weighted by atomic mass is 10.0. The molecule has 0 aliphatic heterocycles. The van der Waals surface area contributed by atoms with Gasteiger partial charge in [-0.15, -0.1) is 0 Å². The van der Waals surface area contributed by atoms with Crippen LogP contribution in [-0.2, 0) is 0 Å². The summed E-state index contributed by atoms with van der Waals surface area (Å²) in [6.45, 7) is 7.32. The van der Waals surface area contributed by atoms with Gasteiger partial charge >= 0.3 is 0 Å². The van der Waals surface area contributed by atoms with E-state index in [1.54, 1.807) is 33.5 Å². The van der Waals surface area contributed by atoms with Crippen LogP contribution in [0.25, 0.3) is 16.0 Å². The van der Waals surface area contributed by atoms with E-state index in [0.29, 0.717) is 22.9 Å². The Bertz CT molecular complexity index is 659. The summed E-state index contributed by atoms with van der Waals surface area (Å²) in [5.41, 5.74) is 2.18. The second-order valence-corrected chi connectivity index (χ2v) is 4.06. The molecule has 0 aliphatic rings. The van der Waals surface area contributed by atoms with Crippen molar-refractivity contribution in [2.75, 3.05) is 21.3 Å². The number of nitrogens with zero attached hydrogens (tertiary/aromatic N) is 1. The monoisotopic (exact) mass is 269 g/mol. The zero-order valence-electron chi connectivity index (χ0n) is 11.6. The van der Waals surface area contributed by atoms with E-state index >= 15 is 0 Å². The maximum atomic E-state index is 7.32. The Morgan fingerprint density at radius 2 is 1.40 bits per heavy atom. The molecule has 20 heavy (non-hydrogen) atoms. The lowest BCUT2D eigenvalue weighted by Gasteiger charge is -2.12. The van der Waals surface area contributed by atoms with E-state index in [1.807, 2.05) is 24.3 Å². The maximum absolute atomic E-state index is 7.32. The normalized spacial score (nSPS) is 9.70. The summed E-state index contributed by atoms with van der Waals surface area (Å²) in [6.07, 6.45) is 0. The van der Waals surface area contributed by atoms with Crippen LogP contribution >= 0.6 is 0 Å². The van der Waals surface area contributed by atoms with Crippen molar-refractivity contribution in [3.8, 4) is 28.4 Å². The van der Waals surface area contributed by atoms with Crippen LogP contribution in [0.5, 0.6) is 17.2 Å². The number of benzene rings is 2. The van der Waals surface area contributed by atoms with Gasteiger partial charge < -0.3 is 14.2 Å². The first-order valence-corrected chi connectivity index (χ1v) is 6.01. The highest BCUT2D eigenvalue weighted by Gasteiger charge is 2.12. The van der Waals surface area contributed by atoms with Gasteiger partial charge in [0.2, 0.25) is 0 Å². The molecule has 0 bridgehead atoms. The van der Waals surface area contributed by atoms with Gasteiger partial charge in [-0.3, -0.25) is 0 Å². The Kier molecular flexibility index (Phi) is 4.11. The van der Waals surface area contributed by atoms with E-state index in [1.165, 1.54) is 0 Å². The van der Waals surface area contributed by atoms with Crippen molar-refractivity contribution >= 4 is 5.69 Å². The van der Waals surface area contributed by atoms with Gasteiger partial charge in [0.25, 0.3) is 0 Å². The molecule has 0 saturated carbocycles. The standard InChI is InChI=1S/C16H15NO3/c1-17-15-9-11(18-2)5-7-13(15)14-8-6-12(19-3)10-16(14)20-4/h5-10H,2-4H3. The molecule has 0 fully saturated rings. The molecule has 2 aromatic carbocycles. The van der Waals surface area contributed by atoms with E-state index in [9.17, 15) is 0 Å². The Labute approximate surface area is 118 Å². The third-order valence-corrected chi connectivity index (χ3v) is 3.02. The number of hydrogen-bond acceptors (Lipinski definition) is 3. The first-order chi connectivity index (χ1) is 9.73. The predicted molar refractivity (Wildman–Crippen MR) is 77.8 cm³/mol. The quantitative estimate of drug-likeness (QED) is 0.788. The minimum absolute atomic E-state index is 0.521. The largest absolute Gasteiger partial charge is 0.498 e. The van der Waals surface area contributed by atoms with Gasteiger partial charge in [0.1, 0.15) is 17.2 Å². The smallest absolute Gasteiger partial charge is 0.198 e. The molecule has 2 aromatic rings. The van der Waals surface area contributed by atoms with Gasteiger partial charge in [0.05, 0.1) is 27.9 Å². The van der Waals surface area contributed by atoms with Crippen LogP contribution in [0.15, 0.2) is 36.4 Å². The van der Waals surface area contributed by atoms with Crippen LogP contribution in [0.3, 0.4) is 0 Å². The summed E-state index contributed by atoms with van der Waals surface area (Å²) in [5.74, 6) is 2.04. The topological polar surface area (TPSA) is 32.0 Å². The van der Waals surface area contributed by atoms with E-state index in [0.717, 1.165) is 11.1 Å². The van der Waals surface area contributed by atoms with E-state index in [2.05, 4.69) is 4.85 Å². The van der Waals surface area contributed by atoms with Crippen molar-refractivity contribution in [2.24, 2.45) is 0 Å². The summed E-state index contributed by atoms with van der Waals surface area (Å²) in [7, 11) is 4.78. The first-order valence-electron chi connectivity index (χ1n) is 6.01. The third kappa shape index (κ3) is 2.52. The lowest BCUT2D eigenvalue weighted by molar-refractivity contribution is 0.395. The van der Waals surface area contributed by atoms with Crippen LogP contribution in [0.2, 0.25) is 0 Å². The van der Waals surface area contributed by atoms with Crippen LogP contribution in [-0.4, -0.2) is 21.3 Å². The molecule has 0 atom stereocenters. The van der Waals surface area contributed by atoms with Crippen molar-refractivity contribution in [2.45, 2.75) is 0 Å². The van der Waals surface area contributed by atoms with Gasteiger partial charge in [0.15, 0.2) is 5.69 Å². The van der Waals surface area contributed by atoms with Gasteiger partial charge in [-0.05, 0) is 29.8 Å². The summed E-state index contributed by atoms with van der Waals surface area (Å²) < 4.78 is 15.7. The van der Waals surface area contributed by atoms with E-state index in [-0.39, 0.29) is 0 Å². The summed E-state index contributed by atoms with van der Waals surface area (Å²) in [5, 5.41) is 0. The van der Waals surface area contributed by atoms with Crippen LogP contribution in [0.1, 0.15) is 0 Å². The van der Waals surface area contributed by atoms with Crippen molar-refractivity contribution in [1.29, 1.82) is 0 Å². The van der Waals surface area contributed by atoms with Crippen molar-refractivity contribution in [1.82, 2.24) is 0 Å². The van der Waals surface area contributed by atoms with Gasteiger partial charge in [0, 0.05) is 11.6 Å². The number of hydrogen-bond donors (Lipinski definition) is 0. The number of rotatable bonds is 4. The van der Waals surface area contributed by atoms with Crippen molar-refractivity contribution in [3.05, 3.63) is 47.8 Å².